The molecule has 0 unspecified atom stereocenters. The summed E-state index contributed by atoms with van der Waals surface area (Å²) in [7, 11) is 0. The third-order valence-corrected chi connectivity index (χ3v) is 3.47. The zero-order valence-corrected chi connectivity index (χ0v) is 11.4. The first-order valence-corrected chi connectivity index (χ1v) is 6.79. The lowest BCUT2D eigenvalue weighted by Crippen LogP contribution is -2.25. The molecular weight excluding hydrogens is 244 g/mol. The molecule has 94 valence electrons. The zero-order valence-electron chi connectivity index (χ0n) is 10.6. The Balaban J connectivity index is 1.83. The normalized spacial score (nSPS) is 10.3. The van der Waals surface area contributed by atoms with Gasteiger partial charge in [-0.15, -0.1) is 11.3 Å². The van der Waals surface area contributed by atoms with E-state index in [0.717, 1.165) is 22.7 Å². The summed E-state index contributed by atoms with van der Waals surface area (Å²) in [5, 5.41) is 6.00. The lowest BCUT2D eigenvalue weighted by Gasteiger charge is -2.04. The molecule has 1 aromatic heterocycles. The van der Waals surface area contributed by atoms with Gasteiger partial charge in [0.2, 0.25) is 0 Å². The molecular formula is C14H16N2OS. The Morgan fingerprint density at radius 1 is 1.28 bits per heavy atom. The van der Waals surface area contributed by atoms with Gasteiger partial charge < -0.3 is 5.32 Å². The van der Waals surface area contributed by atoms with Gasteiger partial charge in [0.15, 0.2) is 0 Å². The van der Waals surface area contributed by atoms with Crippen molar-refractivity contribution in [3.05, 3.63) is 51.5 Å². The molecule has 1 amide bonds. The summed E-state index contributed by atoms with van der Waals surface area (Å²) in [4.78, 5) is 16.2. The molecule has 0 aliphatic rings. The third kappa shape index (κ3) is 3.40. The van der Waals surface area contributed by atoms with Crippen molar-refractivity contribution < 1.29 is 4.79 Å². The number of carbonyl (C=O) groups excluding carboxylic acids is 1. The van der Waals surface area contributed by atoms with Crippen LogP contribution in [-0.2, 0) is 6.42 Å². The molecule has 0 atom stereocenters. The standard InChI is InChI=1S/C14H16N2OS/c1-10-3-5-12(6-4-10)14(17)15-8-7-13-9-18-11(2)16-13/h3-6,9H,7-8H2,1-2H3,(H,15,17). The van der Waals surface area contributed by atoms with Gasteiger partial charge in [0.1, 0.15) is 0 Å². The molecule has 1 aromatic carbocycles. The number of aromatic nitrogens is 1. The maximum atomic E-state index is 11.8. The zero-order chi connectivity index (χ0) is 13.0. The number of nitrogens with zero attached hydrogens (tertiary/aromatic N) is 1. The maximum Gasteiger partial charge on any atom is 0.251 e. The lowest BCUT2D eigenvalue weighted by atomic mass is 10.1. The van der Waals surface area contributed by atoms with E-state index in [-0.39, 0.29) is 5.91 Å². The predicted octanol–water partition coefficient (Wildman–Crippen LogP) is 2.73. The van der Waals surface area contributed by atoms with Crippen LogP contribution in [0.1, 0.15) is 26.6 Å². The average molecular weight is 260 g/mol. The third-order valence-electron chi connectivity index (χ3n) is 2.65. The van der Waals surface area contributed by atoms with Crippen LogP contribution < -0.4 is 5.32 Å². The molecule has 0 aliphatic carbocycles. The van der Waals surface area contributed by atoms with E-state index in [1.54, 1.807) is 11.3 Å². The number of hydrogen-bond donors (Lipinski definition) is 1. The second-order valence-electron chi connectivity index (χ2n) is 4.23. The minimum absolute atomic E-state index is 0.0260. The number of hydrogen-bond acceptors (Lipinski definition) is 3. The van der Waals surface area contributed by atoms with Gasteiger partial charge in [-0.1, -0.05) is 17.7 Å². The minimum atomic E-state index is -0.0260. The predicted molar refractivity (Wildman–Crippen MR) is 74.1 cm³/mol. The van der Waals surface area contributed by atoms with E-state index >= 15 is 0 Å². The van der Waals surface area contributed by atoms with Gasteiger partial charge >= 0.3 is 0 Å². The van der Waals surface area contributed by atoms with Crippen molar-refractivity contribution in [1.82, 2.24) is 10.3 Å². The van der Waals surface area contributed by atoms with E-state index in [4.69, 9.17) is 0 Å². The number of aryl methyl sites for hydroxylation is 2. The molecule has 4 heteroatoms. The number of nitrogens with one attached hydrogen (secondary N) is 1. The minimum Gasteiger partial charge on any atom is -0.352 e. The van der Waals surface area contributed by atoms with Crippen LogP contribution in [-0.4, -0.2) is 17.4 Å². The second kappa shape index (κ2) is 5.78. The van der Waals surface area contributed by atoms with Crippen LogP contribution in [0.4, 0.5) is 0 Å². The first-order chi connectivity index (χ1) is 8.65. The summed E-state index contributed by atoms with van der Waals surface area (Å²) >= 11 is 1.64. The molecule has 0 fully saturated rings. The van der Waals surface area contributed by atoms with Crippen molar-refractivity contribution in [1.29, 1.82) is 0 Å². The van der Waals surface area contributed by atoms with Crippen LogP contribution in [0.3, 0.4) is 0 Å². The van der Waals surface area contributed by atoms with Crippen LogP contribution in [0.5, 0.6) is 0 Å². The molecule has 1 heterocycles. The smallest absolute Gasteiger partial charge is 0.251 e. The second-order valence-corrected chi connectivity index (χ2v) is 5.29. The molecule has 2 rings (SSSR count). The van der Waals surface area contributed by atoms with E-state index in [9.17, 15) is 4.79 Å². The summed E-state index contributed by atoms with van der Waals surface area (Å²) in [5.41, 5.74) is 2.90. The highest BCUT2D eigenvalue weighted by molar-refractivity contribution is 7.09. The highest BCUT2D eigenvalue weighted by atomic mass is 32.1. The fraction of sp³-hybridized carbons (Fsp3) is 0.286. The Labute approximate surface area is 111 Å². The fourth-order valence-corrected chi connectivity index (χ4v) is 2.28. The van der Waals surface area contributed by atoms with Crippen molar-refractivity contribution in [2.45, 2.75) is 20.3 Å². The Kier molecular flexibility index (Phi) is 4.10. The Morgan fingerprint density at radius 3 is 2.61 bits per heavy atom. The summed E-state index contributed by atoms with van der Waals surface area (Å²) in [6.07, 6.45) is 0.780. The topological polar surface area (TPSA) is 42.0 Å². The Hall–Kier alpha value is -1.68. The summed E-state index contributed by atoms with van der Waals surface area (Å²) < 4.78 is 0. The van der Waals surface area contributed by atoms with Crippen molar-refractivity contribution in [2.24, 2.45) is 0 Å². The van der Waals surface area contributed by atoms with Crippen LogP contribution >= 0.6 is 11.3 Å². The number of carbonyl (C=O) groups is 1. The van der Waals surface area contributed by atoms with E-state index in [1.165, 1.54) is 0 Å². The molecule has 0 bridgehead atoms. The maximum absolute atomic E-state index is 11.8. The van der Waals surface area contributed by atoms with Crippen LogP contribution in [0, 0.1) is 13.8 Å². The molecule has 3 nitrogen and oxygen atoms in total. The average Bonchev–Trinajstić information content (AvgIpc) is 2.76. The van der Waals surface area contributed by atoms with Crippen LogP contribution in [0.2, 0.25) is 0 Å². The first kappa shape index (κ1) is 12.8. The first-order valence-electron chi connectivity index (χ1n) is 5.91. The molecule has 18 heavy (non-hydrogen) atoms. The molecule has 0 saturated heterocycles. The van der Waals surface area contributed by atoms with E-state index in [1.807, 2.05) is 43.5 Å². The van der Waals surface area contributed by atoms with Crippen LogP contribution in [0.15, 0.2) is 29.6 Å². The van der Waals surface area contributed by atoms with Gasteiger partial charge in [-0.3, -0.25) is 4.79 Å². The van der Waals surface area contributed by atoms with Gasteiger partial charge in [-0.25, -0.2) is 4.98 Å². The molecule has 0 aliphatic heterocycles. The van der Waals surface area contributed by atoms with E-state index < -0.39 is 0 Å². The highest BCUT2D eigenvalue weighted by Crippen LogP contribution is 2.08. The van der Waals surface area contributed by atoms with Gasteiger partial charge in [0.05, 0.1) is 10.7 Å². The van der Waals surface area contributed by atoms with Crippen molar-refractivity contribution in [2.75, 3.05) is 6.54 Å². The quantitative estimate of drug-likeness (QED) is 0.918. The Morgan fingerprint density at radius 2 is 2.00 bits per heavy atom. The number of benzene rings is 1. The number of thiazole rings is 1. The monoisotopic (exact) mass is 260 g/mol. The summed E-state index contributed by atoms with van der Waals surface area (Å²) in [6.45, 7) is 4.61. The number of rotatable bonds is 4. The molecule has 0 saturated carbocycles. The van der Waals surface area contributed by atoms with Crippen molar-refractivity contribution in [3.63, 3.8) is 0 Å². The molecule has 2 aromatic rings. The summed E-state index contributed by atoms with van der Waals surface area (Å²) in [6, 6.07) is 7.58. The van der Waals surface area contributed by atoms with Gasteiger partial charge in [-0.2, -0.15) is 0 Å². The lowest BCUT2D eigenvalue weighted by molar-refractivity contribution is 0.0954. The fourth-order valence-electron chi connectivity index (χ4n) is 1.63. The van der Waals surface area contributed by atoms with Gasteiger partial charge in [0.25, 0.3) is 5.91 Å². The molecule has 1 N–H and O–H groups in total. The van der Waals surface area contributed by atoms with E-state index in [0.29, 0.717) is 12.1 Å². The van der Waals surface area contributed by atoms with Crippen LogP contribution in [0.25, 0.3) is 0 Å². The van der Waals surface area contributed by atoms with Crippen molar-refractivity contribution in [3.8, 4) is 0 Å². The molecule has 0 radical (unpaired) electrons. The van der Waals surface area contributed by atoms with Gasteiger partial charge in [-0.05, 0) is 26.0 Å². The summed E-state index contributed by atoms with van der Waals surface area (Å²) in [5.74, 6) is -0.0260. The van der Waals surface area contributed by atoms with Gasteiger partial charge in [0, 0.05) is 23.9 Å². The highest BCUT2D eigenvalue weighted by Gasteiger charge is 2.04. The van der Waals surface area contributed by atoms with E-state index in [2.05, 4.69) is 10.3 Å². The molecule has 0 spiro atoms. The SMILES string of the molecule is Cc1ccc(C(=O)NCCc2csc(C)n2)cc1. The largest absolute Gasteiger partial charge is 0.352 e. The Bertz CT molecular complexity index is 531. The van der Waals surface area contributed by atoms with Crippen molar-refractivity contribution >= 4 is 17.2 Å². The number of amides is 1.